The fraction of sp³-hybridized carbons (Fsp3) is 0.600. The Labute approximate surface area is 321 Å². The van der Waals surface area contributed by atoms with Crippen molar-refractivity contribution in [1.29, 1.82) is 0 Å². The SMILES string of the molecule is CC(=O)O[C@H](C[C@H](C(C)C)N(C)C(=O)[C@@H](NC(=O)[C@H]1CCCCN1C)C1CC1)c1nc(C(=O)N[C@@H](Cc2ccc3c(ccn3C)c2)C[C@H](C)C(=O)O)cs1. The molecule has 2 fully saturated rings. The van der Waals surface area contributed by atoms with Gasteiger partial charge < -0.3 is 29.9 Å². The van der Waals surface area contributed by atoms with Crippen LogP contribution in [0.4, 0.5) is 0 Å². The van der Waals surface area contributed by atoms with E-state index in [0.29, 0.717) is 11.4 Å². The Balaban J connectivity index is 1.30. The van der Waals surface area contributed by atoms with Crippen LogP contribution < -0.4 is 10.6 Å². The predicted molar refractivity (Wildman–Crippen MR) is 207 cm³/mol. The number of esters is 1. The molecular weight excluding hydrogens is 709 g/mol. The number of rotatable bonds is 17. The summed E-state index contributed by atoms with van der Waals surface area (Å²) in [5.74, 6) is -2.84. The van der Waals surface area contributed by atoms with Gasteiger partial charge in [0.25, 0.3) is 5.91 Å². The number of carbonyl (C=O) groups excluding carboxylic acids is 4. The molecule has 14 heteroatoms. The molecule has 3 aromatic rings. The maximum absolute atomic E-state index is 14.1. The summed E-state index contributed by atoms with van der Waals surface area (Å²) >= 11 is 1.19. The van der Waals surface area contributed by atoms with E-state index < -0.39 is 42.0 Å². The Morgan fingerprint density at radius 2 is 1.78 bits per heavy atom. The number of benzene rings is 1. The zero-order chi connectivity index (χ0) is 39.3. The standard InChI is InChI=1S/C40H56N6O7S/c1-23(2)33(46(7)39(50)35(27-12-13-27)43-37(49)32-10-8-9-16-44(32)5)21-34(53-25(4)47)38-42-30(22-54-38)36(48)41-29(18-24(3)40(51)52)20-26-11-14-31-28(19-26)15-17-45(31)6/h11,14-15,17,19,22-24,27,29,32-35H,8-10,12-13,16,18,20-21H2,1-7H3,(H,41,48)(H,43,49)(H,51,52)/t24-,29+,32+,33+,34+,35-/m0/s1. The number of carboxylic acid groups (broad SMARTS) is 1. The summed E-state index contributed by atoms with van der Waals surface area (Å²) in [5, 5.41) is 18.9. The average molecular weight is 765 g/mol. The molecule has 1 saturated carbocycles. The first-order valence-electron chi connectivity index (χ1n) is 19.1. The van der Waals surface area contributed by atoms with Gasteiger partial charge in [0.1, 0.15) is 16.7 Å². The summed E-state index contributed by atoms with van der Waals surface area (Å²) in [4.78, 5) is 73.7. The normalized spacial score (nSPS) is 19.1. The van der Waals surface area contributed by atoms with Gasteiger partial charge in [-0.1, -0.05) is 33.3 Å². The molecule has 3 heterocycles. The number of thiazole rings is 1. The number of piperidine rings is 1. The van der Waals surface area contributed by atoms with Crippen LogP contribution in [-0.4, -0.2) is 98.9 Å². The molecule has 0 bridgehead atoms. The van der Waals surface area contributed by atoms with Crippen LogP contribution in [0.5, 0.6) is 0 Å². The summed E-state index contributed by atoms with van der Waals surface area (Å²) in [6, 6.07) is 6.32. The molecule has 2 aliphatic rings. The lowest BCUT2D eigenvalue weighted by atomic mass is 9.95. The molecule has 0 unspecified atom stereocenters. The van der Waals surface area contributed by atoms with Crippen LogP contribution in [0.3, 0.4) is 0 Å². The highest BCUT2D eigenvalue weighted by Gasteiger charge is 2.42. The van der Waals surface area contributed by atoms with Crippen molar-refractivity contribution >= 4 is 51.9 Å². The molecule has 3 N–H and O–H groups in total. The molecule has 3 amide bonds. The van der Waals surface area contributed by atoms with E-state index >= 15 is 0 Å². The molecule has 1 saturated heterocycles. The first kappa shape index (κ1) is 40.9. The number of hydrogen-bond donors (Lipinski definition) is 3. The van der Waals surface area contributed by atoms with Crippen LogP contribution in [-0.2, 0) is 37.4 Å². The van der Waals surface area contributed by atoms with Crippen LogP contribution in [0.2, 0.25) is 0 Å². The van der Waals surface area contributed by atoms with Crippen molar-refractivity contribution in [2.24, 2.45) is 24.8 Å². The summed E-state index contributed by atoms with van der Waals surface area (Å²) in [7, 11) is 5.66. The number of hydrogen-bond acceptors (Lipinski definition) is 9. The van der Waals surface area contributed by atoms with E-state index in [1.807, 2.05) is 63.0 Å². The van der Waals surface area contributed by atoms with Gasteiger partial charge in [0.15, 0.2) is 6.10 Å². The van der Waals surface area contributed by atoms with Crippen molar-refractivity contribution in [3.05, 3.63) is 52.1 Å². The monoisotopic (exact) mass is 764 g/mol. The number of aryl methyl sites for hydroxylation is 1. The number of carbonyl (C=O) groups is 5. The zero-order valence-electron chi connectivity index (χ0n) is 32.5. The van der Waals surface area contributed by atoms with Crippen LogP contribution in [0.1, 0.15) is 99.8 Å². The Hall–Kier alpha value is -4.30. The fourth-order valence-corrected chi connectivity index (χ4v) is 8.45. The molecule has 0 spiro atoms. The number of nitrogens with zero attached hydrogens (tertiary/aromatic N) is 4. The summed E-state index contributed by atoms with van der Waals surface area (Å²) in [6.45, 7) is 7.78. The Morgan fingerprint density at radius 3 is 2.43 bits per heavy atom. The number of likely N-dealkylation sites (N-methyl/N-ethyl adjacent to an activating group) is 2. The third-order valence-corrected chi connectivity index (χ3v) is 11.9. The van der Waals surface area contributed by atoms with Gasteiger partial charge in [0.05, 0.1) is 12.0 Å². The number of amides is 3. The van der Waals surface area contributed by atoms with E-state index in [1.54, 1.807) is 24.3 Å². The Kier molecular flexibility index (Phi) is 13.5. The highest BCUT2D eigenvalue weighted by Crippen LogP contribution is 2.36. The number of fused-ring (bicyclic) bond motifs is 1. The molecule has 2 aromatic heterocycles. The van der Waals surface area contributed by atoms with Crippen LogP contribution in [0.15, 0.2) is 35.8 Å². The zero-order valence-corrected chi connectivity index (χ0v) is 33.4. The second-order valence-corrected chi connectivity index (χ2v) is 16.5. The van der Waals surface area contributed by atoms with E-state index in [9.17, 15) is 29.1 Å². The number of ether oxygens (including phenoxy) is 1. The summed E-state index contributed by atoms with van der Waals surface area (Å²) in [6.07, 6.45) is 6.57. The van der Waals surface area contributed by atoms with Crippen molar-refractivity contribution in [3.8, 4) is 0 Å². The molecule has 54 heavy (non-hydrogen) atoms. The van der Waals surface area contributed by atoms with E-state index in [0.717, 1.165) is 55.1 Å². The molecule has 294 valence electrons. The minimum absolute atomic E-state index is 0.0353. The van der Waals surface area contributed by atoms with Crippen LogP contribution >= 0.6 is 11.3 Å². The highest BCUT2D eigenvalue weighted by atomic mass is 32.1. The third kappa shape index (κ3) is 10.3. The summed E-state index contributed by atoms with van der Waals surface area (Å²) < 4.78 is 7.81. The lowest BCUT2D eigenvalue weighted by Gasteiger charge is -2.37. The lowest BCUT2D eigenvalue weighted by Crippen LogP contribution is -2.56. The Morgan fingerprint density at radius 1 is 1.04 bits per heavy atom. The topological polar surface area (TPSA) is 163 Å². The fourth-order valence-electron chi connectivity index (χ4n) is 7.61. The van der Waals surface area contributed by atoms with Gasteiger partial charge in [-0.15, -0.1) is 11.3 Å². The van der Waals surface area contributed by atoms with Crippen molar-refractivity contribution in [1.82, 2.24) is 30.0 Å². The van der Waals surface area contributed by atoms with Gasteiger partial charge in [0.2, 0.25) is 11.8 Å². The second kappa shape index (κ2) is 17.9. The van der Waals surface area contributed by atoms with Gasteiger partial charge in [0, 0.05) is 56.6 Å². The summed E-state index contributed by atoms with van der Waals surface area (Å²) in [5.41, 5.74) is 2.17. The number of carboxylic acids is 1. The molecule has 5 rings (SSSR count). The van der Waals surface area contributed by atoms with Crippen molar-refractivity contribution in [2.45, 2.75) is 109 Å². The molecule has 0 radical (unpaired) electrons. The maximum atomic E-state index is 14.1. The van der Waals surface area contributed by atoms with Gasteiger partial charge >= 0.3 is 11.9 Å². The maximum Gasteiger partial charge on any atom is 0.306 e. The van der Waals surface area contributed by atoms with Crippen molar-refractivity contribution in [2.75, 3.05) is 20.6 Å². The number of aromatic nitrogens is 2. The van der Waals surface area contributed by atoms with Gasteiger partial charge in [-0.05, 0) is 93.1 Å². The molecule has 13 nitrogen and oxygen atoms in total. The van der Waals surface area contributed by atoms with Gasteiger partial charge in [-0.3, -0.25) is 28.9 Å². The second-order valence-electron chi connectivity index (χ2n) is 15.7. The quantitative estimate of drug-likeness (QED) is 0.162. The Bertz CT molecular complexity index is 1820. The lowest BCUT2D eigenvalue weighted by molar-refractivity contribution is -0.149. The number of nitrogens with one attached hydrogen (secondary N) is 2. The molecule has 1 aromatic carbocycles. The number of likely N-dealkylation sites (tertiary alicyclic amines) is 1. The van der Waals surface area contributed by atoms with E-state index in [1.165, 1.54) is 18.3 Å². The third-order valence-electron chi connectivity index (χ3n) is 11.0. The highest BCUT2D eigenvalue weighted by molar-refractivity contribution is 7.09. The van der Waals surface area contributed by atoms with Gasteiger partial charge in [-0.2, -0.15) is 0 Å². The van der Waals surface area contributed by atoms with Crippen molar-refractivity contribution < 1.29 is 33.8 Å². The minimum Gasteiger partial charge on any atom is -0.481 e. The number of aliphatic carboxylic acids is 1. The largest absolute Gasteiger partial charge is 0.481 e. The van der Waals surface area contributed by atoms with Crippen LogP contribution in [0.25, 0.3) is 10.9 Å². The molecular formula is C40H56N6O7S. The van der Waals surface area contributed by atoms with E-state index in [-0.39, 0.29) is 54.3 Å². The van der Waals surface area contributed by atoms with Crippen molar-refractivity contribution in [3.63, 3.8) is 0 Å². The predicted octanol–water partition coefficient (Wildman–Crippen LogP) is 4.94. The molecule has 6 atom stereocenters. The minimum atomic E-state index is -0.946. The molecule has 1 aliphatic heterocycles. The first-order chi connectivity index (χ1) is 25.6. The van der Waals surface area contributed by atoms with E-state index in [2.05, 4.69) is 20.5 Å². The first-order valence-corrected chi connectivity index (χ1v) is 20.0. The average Bonchev–Trinajstić information content (AvgIpc) is 3.72. The van der Waals surface area contributed by atoms with Crippen LogP contribution in [0, 0.1) is 17.8 Å². The smallest absolute Gasteiger partial charge is 0.306 e. The van der Waals surface area contributed by atoms with E-state index in [4.69, 9.17) is 4.74 Å². The molecule has 1 aliphatic carbocycles. The van der Waals surface area contributed by atoms with Gasteiger partial charge in [-0.25, -0.2) is 4.98 Å².